The van der Waals surface area contributed by atoms with E-state index in [0.717, 1.165) is 24.9 Å². The Labute approximate surface area is 144 Å². The number of carbonyl (C=O) groups is 1. The average molecular weight is 346 g/mol. The summed E-state index contributed by atoms with van der Waals surface area (Å²) in [6.45, 7) is 4.30. The third-order valence-corrected chi connectivity index (χ3v) is 4.66. The van der Waals surface area contributed by atoms with Crippen molar-refractivity contribution in [3.05, 3.63) is 29.3 Å². The second-order valence-corrected chi connectivity index (χ2v) is 6.10. The van der Waals surface area contributed by atoms with Crippen LogP contribution in [0.5, 0.6) is 0 Å². The summed E-state index contributed by atoms with van der Waals surface area (Å²) in [5.74, 6) is 0.0197. The number of rotatable bonds is 2. The van der Waals surface area contributed by atoms with E-state index in [1.165, 1.54) is 19.4 Å². The molecule has 2 fully saturated rings. The molecule has 6 heteroatoms. The van der Waals surface area contributed by atoms with E-state index in [9.17, 15) is 4.79 Å². The monoisotopic (exact) mass is 345 g/mol. The van der Waals surface area contributed by atoms with Crippen molar-refractivity contribution in [2.75, 3.05) is 18.8 Å². The maximum atomic E-state index is 12.4. The number of nitrogens with zero attached hydrogens (tertiary/aromatic N) is 1. The highest BCUT2D eigenvalue weighted by Gasteiger charge is 2.32. The number of fused-ring (bicyclic) bond motifs is 1. The number of aryl methyl sites for hydroxylation is 1. The number of nitrogen functional groups attached to an aromatic ring is 1. The summed E-state index contributed by atoms with van der Waals surface area (Å²) < 4.78 is 0. The van der Waals surface area contributed by atoms with E-state index in [2.05, 4.69) is 10.2 Å². The lowest BCUT2D eigenvalue weighted by molar-refractivity contribution is 0.0895. The van der Waals surface area contributed by atoms with Gasteiger partial charge in [0, 0.05) is 29.9 Å². The second-order valence-electron chi connectivity index (χ2n) is 6.10. The van der Waals surface area contributed by atoms with E-state index < -0.39 is 0 Å². The first-order valence-corrected chi connectivity index (χ1v) is 7.54. The van der Waals surface area contributed by atoms with Crippen LogP contribution in [0.15, 0.2) is 18.2 Å². The first kappa shape index (κ1) is 19.1. The number of nitrogens with one attached hydrogen (secondary N) is 1. The molecule has 2 aliphatic heterocycles. The van der Waals surface area contributed by atoms with Crippen LogP contribution < -0.4 is 11.1 Å². The smallest absolute Gasteiger partial charge is 0.251 e. The molecule has 22 heavy (non-hydrogen) atoms. The normalized spacial score (nSPS) is 23.9. The van der Waals surface area contributed by atoms with Crippen LogP contribution in [0.25, 0.3) is 0 Å². The molecule has 0 radical (unpaired) electrons. The van der Waals surface area contributed by atoms with Crippen LogP contribution in [0.4, 0.5) is 5.69 Å². The number of halogens is 2. The number of benzene rings is 1. The van der Waals surface area contributed by atoms with Gasteiger partial charge in [-0.25, -0.2) is 0 Å². The van der Waals surface area contributed by atoms with E-state index in [0.29, 0.717) is 23.3 Å². The summed E-state index contributed by atoms with van der Waals surface area (Å²) in [6.07, 6.45) is 4.74. The molecule has 2 unspecified atom stereocenters. The number of carbonyl (C=O) groups excluding carboxylic acids is 1. The molecule has 0 bridgehead atoms. The van der Waals surface area contributed by atoms with Crippen LogP contribution in [-0.2, 0) is 0 Å². The van der Waals surface area contributed by atoms with Gasteiger partial charge in [0.1, 0.15) is 0 Å². The summed E-state index contributed by atoms with van der Waals surface area (Å²) in [6, 6.07) is 6.50. The zero-order chi connectivity index (χ0) is 14.1. The standard InChI is InChI=1S/C16H23N3O.2ClH/c1-11-4-5-12(17)9-15(11)16(20)18-13-6-8-19-7-2-3-14(19)10-13;;/h4-5,9,13-14H,2-3,6-8,10,17H2,1H3,(H,18,20);2*1H. The zero-order valence-electron chi connectivity index (χ0n) is 12.9. The molecule has 4 nitrogen and oxygen atoms in total. The Morgan fingerprint density at radius 2 is 2.05 bits per heavy atom. The van der Waals surface area contributed by atoms with Crippen LogP contribution in [0.1, 0.15) is 41.6 Å². The summed E-state index contributed by atoms with van der Waals surface area (Å²) in [5, 5.41) is 3.19. The zero-order valence-corrected chi connectivity index (χ0v) is 14.5. The fourth-order valence-corrected chi connectivity index (χ4v) is 3.50. The molecule has 1 aromatic rings. The Bertz CT molecular complexity index is 524. The maximum absolute atomic E-state index is 12.4. The highest BCUT2D eigenvalue weighted by Crippen LogP contribution is 2.27. The number of piperidine rings is 1. The van der Waals surface area contributed by atoms with Crippen molar-refractivity contribution >= 4 is 36.4 Å². The number of nitrogens with two attached hydrogens (primary N) is 1. The van der Waals surface area contributed by atoms with Crippen molar-refractivity contribution < 1.29 is 4.79 Å². The number of hydrogen-bond donors (Lipinski definition) is 2. The van der Waals surface area contributed by atoms with E-state index in [1.54, 1.807) is 6.07 Å². The minimum atomic E-state index is 0. The molecule has 0 saturated carbocycles. The fraction of sp³-hybridized carbons (Fsp3) is 0.562. The van der Waals surface area contributed by atoms with Gasteiger partial charge in [0.05, 0.1) is 0 Å². The van der Waals surface area contributed by atoms with E-state index in [-0.39, 0.29) is 30.7 Å². The molecule has 1 amide bonds. The first-order chi connectivity index (χ1) is 9.63. The van der Waals surface area contributed by atoms with Crippen molar-refractivity contribution in [3.8, 4) is 0 Å². The molecule has 1 aromatic carbocycles. The number of hydrogen-bond acceptors (Lipinski definition) is 3. The van der Waals surface area contributed by atoms with Crippen molar-refractivity contribution in [1.82, 2.24) is 10.2 Å². The topological polar surface area (TPSA) is 58.4 Å². The van der Waals surface area contributed by atoms with Crippen molar-refractivity contribution in [1.29, 1.82) is 0 Å². The van der Waals surface area contributed by atoms with Crippen molar-refractivity contribution in [3.63, 3.8) is 0 Å². The van der Waals surface area contributed by atoms with Crippen LogP contribution in [0.3, 0.4) is 0 Å². The molecule has 124 valence electrons. The Kier molecular flexibility index (Phi) is 6.98. The van der Waals surface area contributed by atoms with Crippen LogP contribution in [-0.4, -0.2) is 36.0 Å². The quantitative estimate of drug-likeness (QED) is 0.810. The number of anilines is 1. The molecule has 0 aromatic heterocycles. The Morgan fingerprint density at radius 1 is 1.27 bits per heavy atom. The molecule has 2 aliphatic rings. The SMILES string of the molecule is Cc1ccc(N)cc1C(=O)NC1CCN2CCCC2C1.Cl.Cl. The molecular weight excluding hydrogens is 321 g/mol. The highest BCUT2D eigenvalue weighted by molar-refractivity contribution is 5.96. The first-order valence-electron chi connectivity index (χ1n) is 7.54. The van der Waals surface area contributed by atoms with Gasteiger partial charge in [0.25, 0.3) is 5.91 Å². The maximum Gasteiger partial charge on any atom is 0.251 e. The summed E-state index contributed by atoms with van der Waals surface area (Å²) in [5.41, 5.74) is 8.12. The molecule has 2 saturated heterocycles. The lowest BCUT2D eigenvalue weighted by atomic mass is 9.97. The summed E-state index contributed by atoms with van der Waals surface area (Å²) >= 11 is 0. The predicted octanol–water partition coefficient (Wildman–Crippen LogP) is 2.78. The molecule has 0 spiro atoms. The van der Waals surface area contributed by atoms with Crippen molar-refractivity contribution in [2.45, 2.75) is 44.7 Å². The molecule has 2 atom stereocenters. The van der Waals surface area contributed by atoms with Gasteiger partial charge in [-0.05, 0) is 56.8 Å². The third-order valence-electron chi connectivity index (χ3n) is 4.66. The Hall–Kier alpha value is -0.970. The lowest BCUT2D eigenvalue weighted by Gasteiger charge is -2.35. The molecule has 3 N–H and O–H groups in total. The van der Waals surface area contributed by atoms with Gasteiger partial charge >= 0.3 is 0 Å². The summed E-state index contributed by atoms with van der Waals surface area (Å²) in [7, 11) is 0. The lowest BCUT2D eigenvalue weighted by Crippen LogP contribution is -2.47. The van der Waals surface area contributed by atoms with Gasteiger partial charge in [0.15, 0.2) is 0 Å². The number of amides is 1. The minimum Gasteiger partial charge on any atom is -0.399 e. The van der Waals surface area contributed by atoms with Gasteiger partial charge in [0.2, 0.25) is 0 Å². The van der Waals surface area contributed by atoms with Crippen LogP contribution >= 0.6 is 24.8 Å². The van der Waals surface area contributed by atoms with E-state index in [4.69, 9.17) is 5.73 Å². The molecular formula is C16H25Cl2N3O. The van der Waals surface area contributed by atoms with Crippen LogP contribution in [0, 0.1) is 6.92 Å². The minimum absolute atomic E-state index is 0. The van der Waals surface area contributed by atoms with Gasteiger partial charge in [-0.15, -0.1) is 24.8 Å². The Balaban J connectivity index is 0.00000121. The third kappa shape index (κ3) is 4.06. The second kappa shape index (κ2) is 8.04. The molecule has 2 heterocycles. The highest BCUT2D eigenvalue weighted by atomic mass is 35.5. The van der Waals surface area contributed by atoms with Gasteiger partial charge < -0.3 is 16.0 Å². The average Bonchev–Trinajstić information content (AvgIpc) is 2.89. The molecule has 3 rings (SSSR count). The predicted molar refractivity (Wildman–Crippen MR) is 95.2 cm³/mol. The largest absolute Gasteiger partial charge is 0.399 e. The van der Waals surface area contributed by atoms with Gasteiger partial charge in [-0.3, -0.25) is 4.79 Å². The van der Waals surface area contributed by atoms with Gasteiger partial charge in [-0.2, -0.15) is 0 Å². The van der Waals surface area contributed by atoms with Crippen LogP contribution in [0.2, 0.25) is 0 Å². The fourth-order valence-electron chi connectivity index (χ4n) is 3.50. The molecule has 0 aliphatic carbocycles. The van der Waals surface area contributed by atoms with Crippen molar-refractivity contribution in [2.24, 2.45) is 0 Å². The summed E-state index contributed by atoms with van der Waals surface area (Å²) in [4.78, 5) is 15.0. The van der Waals surface area contributed by atoms with E-state index in [1.807, 2.05) is 19.1 Å². The Morgan fingerprint density at radius 3 is 2.82 bits per heavy atom. The van der Waals surface area contributed by atoms with E-state index >= 15 is 0 Å². The van der Waals surface area contributed by atoms with Gasteiger partial charge in [-0.1, -0.05) is 6.07 Å².